The van der Waals surface area contributed by atoms with Crippen molar-refractivity contribution in [2.45, 2.75) is 53.2 Å². The first-order valence-electron chi connectivity index (χ1n) is 9.58. The Bertz CT molecular complexity index is 802. The van der Waals surface area contributed by atoms with Gasteiger partial charge in [0, 0.05) is 19.2 Å². The number of ether oxygens (including phenoxy) is 2. The number of methoxy groups -OCH3 is 1. The first kappa shape index (κ1) is 21.5. The van der Waals surface area contributed by atoms with Gasteiger partial charge in [-0.3, -0.25) is 4.79 Å². The van der Waals surface area contributed by atoms with Crippen LogP contribution in [0.5, 0.6) is 11.5 Å². The van der Waals surface area contributed by atoms with Crippen LogP contribution in [0.3, 0.4) is 0 Å². The lowest BCUT2D eigenvalue weighted by atomic mass is 10.1. The largest absolute Gasteiger partial charge is 0.493 e. The van der Waals surface area contributed by atoms with E-state index in [9.17, 15) is 4.79 Å². The molecule has 0 radical (unpaired) electrons. The Morgan fingerprint density at radius 1 is 1.25 bits per heavy atom. The van der Waals surface area contributed by atoms with Crippen LogP contribution in [0.4, 0.5) is 0 Å². The van der Waals surface area contributed by atoms with Gasteiger partial charge in [0.15, 0.2) is 11.5 Å². The maximum absolute atomic E-state index is 12.4. The number of hydrogen-bond acceptors (Lipinski definition) is 5. The second-order valence-corrected chi connectivity index (χ2v) is 6.75. The summed E-state index contributed by atoms with van der Waals surface area (Å²) in [7, 11) is 3.44. The van der Waals surface area contributed by atoms with Crippen LogP contribution < -0.4 is 9.47 Å². The monoisotopic (exact) mass is 386 g/mol. The van der Waals surface area contributed by atoms with Gasteiger partial charge in [-0.2, -0.15) is 0 Å². The fourth-order valence-electron chi connectivity index (χ4n) is 3.07. The van der Waals surface area contributed by atoms with E-state index in [1.54, 1.807) is 24.2 Å². The van der Waals surface area contributed by atoms with Crippen molar-refractivity contribution in [3.63, 3.8) is 0 Å². The zero-order chi connectivity index (χ0) is 20.7. The van der Waals surface area contributed by atoms with Gasteiger partial charge in [0.1, 0.15) is 12.4 Å². The maximum Gasteiger partial charge on any atom is 0.246 e. The van der Waals surface area contributed by atoms with Crippen LogP contribution in [0.1, 0.15) is 49.3 Å². The Kier molecular flexibility index (Phi) is 7.67. The molecule has 6 nitrogen and oxygen atoms in total. The van der Waals surface area contributed by atoms with Gasteiger partial charge in [0.2, 0.25) is 5.91 Å². The van der Waals surface area contributed by atoms with Crippen molar-refractivity contribution < 1.29 is 18.8 Å². The van der Waals surface area contributed by atoms with Crippen molar-refractivity contribution in [3.05, 3.63) is 46.9 Å². The predicted octanol–water partition coefficient (Wildman–Crippen LogP) is 4.54. The van der Waals surface area contributed by atoms with E-state index in [1.165, 1.54) is 0 Å². The maximum atomic E-state index is 12.4. The molecule has 2 aromatic rings. The summed E-state index contributed by atoms with van der Waals surface area (Å²) in [5, 5.41) is 3.93. The van der Waals surface area contributed by atoms with Gasteiger partial charge in [-0.25, -0.2) is 0 Å². The molecule has 1 heterocycles. The SMILES string of the molecule is CCC(CC)N(C)C(=O)/C=C/c1ccc(OCc2c(C)noc2C)c(OC)c1. The molecule has 0 saturated carbocycles. The van der Waals surface area contributed by atoms with Crippen molar-refractivity contribution in [1.29, 1.82) is 0 Å². The zero-order valence-electron chi connectivity index (χ0n) is 17.6. The molecule has 0 fully saturated rings. The average Bonchev–Trinajstić information content (AvgIpc) is 3.03. The van der Waals surface area contributed by atoms with Gasteiger partial charge < -0.3 is 18.9 Å². The van der Waals surface area contributed by atoms with Crippen LogP contribution >= 0.6 is 0 Å². The highest BCUT2D eigenvalue weighted by atomic mass is 16.5. The minimum Gasteiger partial charge on any atom is -0.493 e. The highest BCUT2D eigenvalue weighted by Crippen LogP contribution is 2.30. The first-order chi connectivity index (χ1) is 13.4. The highest BCUT2D eigenvalue weighted by Gasteiger charge is 2.14. The average molecular weight is 386 g/mol. The van der Waals surface area contributed by atoms with Gasteiger partial charge in [-0.1, -0.05) is 25.1 Å². The fraction of sp³-hybridized carbons (Fsp3) is 0.455. The van der Waals surface area contributed by atoms with Crippen LogP contribution in [0, 0.1) is 13.8 Å². The minimum absolute atomic E-state index is 0.00796. The molecule has 1 aromatic heterocycles. The summed E-state index contributed by atoms with van der Waals surface area (Å²) in [6, 6.07) is 5.84. The summed E-state index contributed by atoms with van der Waals surface area (Å²) in [6.07, 6.45) is 5.27. The number of carbonyl (C=O) groups is 1. The molecular formula is C22H30N2O4. The van der Waals surface area contributed by atoms with E-state index >= 15 is 0 Å². The third-order valence-corrected chi connectivity index (χ3v) is 5.00. The van der Waals surface area contributed by atoms with Gasteiger partial charge in [-0.15, -0.1) is 0 Å². The molecule has 28 heavy (non-hydrogen) atoms. The summed E-state index contributed by atoms with van der Waals surface area (Å²) in [5.74, 6) is 1.97. The van der Waals surface area contributed by atoms with Crippen molar-refractivity contribution in [3.8, 4) is 11.5 Å². The molecule has 0 aliphatic heterocycles. The minimum atomic E-state index is -0.00796. The van der Waals surface area contributed by atoms with Gasteiger partial charge >= 0.3 is 0 Å². The van der Waals surface area contributed by atoms with Crippen molar-refractivity contribution in [1.82, 2.24) is 10.1 Å². The van der Waals surface area contributed by atoms with Crippen molar-refractivity contribution in [2.24, 2.45) is 0 Å². The number of benzene rings is 1. The quantitative estimate of drug-likeness (QED) is 0.592. The molecule has 6 heteroatoms. The molecule has 0 saturated heterocycles. The Labute approximate surface area is 167 Å². The molecule has 2 rings (SSSR count). The van der Waals surface area contributed by atoms with Crippen LogP contribution in [0.25, 0.3) is 6.08 Å². The van der Waals surface area contributed by atoms with E-state index in [0.29, 0.717) is 18.1 Å². The summed E-state index contributed by atoms with van der Waals surface area (Å²) in [6.45, 7) is 8.28. The van der Waals surface area contributed by atoms with E-state index in [-0.39, 0.29) is 11.9 Å². The summed E-state index contributed by atoms with van der Waals surface area (Å²) < 4.78 is 16.5. The number of carbonyl (C=O) groups excluding carboxylic acids is 1. The van der Waals surface area contributed by atoms with Crippen molar-refractivity contribution >= 4 is 12.0 Å². The number of nitrogens with zero attached hydrogens (tertiary/aromatic N) is 2. The van der Waals surface area contributed by atoms with Crippen LogP contribution in [-0.2, 0) is 11.4 Å². The van der Waals surface area contributed by atoms with Crippen LogP contribution in [0.2, 0.25) is 0 Å². The molecule has 0 atom stereocenters. The van der Waals surface area contributed by atoms with E-state index in [2.05, 4.69) is 19.0 Å². The molecule has 0 bridgehead atoms. The van der Waals surface area contributed by atoms with E-state index in [4.69, 9.17) is 14.0 Å². The Balaban J connectivity index is 2.09. The molecule has 0 spiro atoms. The Hall–Kier alpha value is -2.76. The molecular weight excluding hydrogens is 356 g/mol. The Morgan fingerprint density at radius 2 is 1.96 bits per heavy atom. The lowest BCUT2D eigenvalue weighted by Gasteiger charge is -2.24. The molecule has 1 aromatic carbocycles. The second-order valence-electron chi connectivity index (χ2n) is 6.75. The molecule has 1 amide bonds. The summed E-state index contributed by atoms with van der Waals surface area (Å²) >= 11 is 0. The number of aromatic nitrogens is 1. The van der Waals surface area contributed by atoms with Gasteiger partial charge in [-0.05, 0) is 50.5 Å². The lowest BCUT2D eigenvalue weighted by molar-refractivity contribution is -0.126. The number of amides is 1. The first-order valence-corrected chi connectivity index (χ1v) is 9.58. The molecule has 0 aliphatic rings. The van der Waals surface area contributed by atoms with Crippen LogP contribution in [-0.4, -0.2) is 36.2 Å². The summed E-state index contributed by atoms with van der Waals surface area (Å²) in [4.78, 5) is 14.1. The van der Waals surface area contributed by atoms with E-state index < -0.39 is 0 Å². The normalized spacial score (nSPS) is 11.2. The summed E-state index contributed by atoms with van der Waals surface area (Å²) in [5.41, 5.74) is 2.62. The fourth-order valence-corrected chi connectivity index (χ4v) is 3.07. The molecule has 152 valence electrons. The third-order valence-electron chi connectivity index (χ3n) is 5.00. The molecule has 0 N–H and O–H groups in total. The smallest absolute Gasteiger partial charge is 0.246 e. The topological polar surface area (TPSA) is 64.8 Å². The third kappa shape index (κ3) is 5.15. The van der Waals surface area contributed by atoms with Crippen molar-refractivity contribution in [2.75, 3.05) is 14.2 Å². The molecule has 0 unspecified atom stereocenters. The number of rotatable bonds is 9. The number of aryl methyl sites for hydroxylation is 2. The Morgan fingerprint density at radius 3 is 2.54 bits per heavy atom. The number of likely N-dealkylation sites (N-methyl/N-ethyl adjacent to an activating group) is 1. The van der Waals surface area contributed by atoms with Gasteiger partial charge in [0.25, 0.3) is 0 Å². The van der Waals surface area contributed by atoms with E-state index in [0.717, 1.165) is 35.4 Å². The predicted molar refractivity (Wildman–Crippen MR) is 109 cm³/mol. The van der Waals surface area contributed by atoms with Gasteiger partial charge in [0.05, 0.1) is 18.4 Å². The van der Waals surface area contributed by atoms with E-state index in [1.807, 2.05) is 39.1 Å². The lowest BCUT2D eigenvalue weighted by Crippen LogP contribution is -2.34. The molecule has 0 aliphatic carbocycles. The van der Waals surface area contributed by atoms with Crippen LogP contribution in [0.15, 0.2) is 28.8 Å². The standard InChI is InChI=1S/C22H30N2O4/c1-7-18(8-2)24(5)22(25)12-10-17-9-11-20(21(13-17)26-6)27-14-19-15(3)23-28-16(19)4/h9-13,18H,7-8,14H2,1-6H3/b12-10+. The zero-order valence-corrected chi connectivity index (χ0v) is 17.6. The highest BCUT2D eigenvalue weighted by molar-refractivity contribution is 5.91. The second kappa shape index (κ2) is 9.97. The number of hydrogen-bond donors (Lipinski definition) is 0.